The molecule has 4 nitrogen and oxygen atoms in total. The third-order valence-corrected chi connectivity index (χ3v) is 5.67. The standard InChI is InChI=1S/C17H28N3OP/c1-11(2)19-13(4)20(12(3)14-6-5-7-14)17-10-15(21-22-18)8-9-16(17)19/h8-14,22H,5-7,18H2,1-4H3. The molecule has 1 fully saturated rings. The minimum Gasteiger partial charge on any atom is -0.461 e. The highest BCUT2D eigenvalue weighted by molar-refractivity contribution is 7.29. The highest BCUT2D eigenvalue weighted by atomic mass is 31.1. The molecule has 2 N–H and O–H groups in total. The molecule has 22 heavy (non-hydrogen) atoms. The molecule has 0 spiro atoms. The van der Waals surface area contributed by atoms with Gasteiger partial charge in [0.1, 0.15) is 14.7 Å². The van der Waals surface area contributed by atoms with Crippen molar-refractivity contribution < 1.29 is 4.52 Å². The molecular weight excluding hydrogens is 293 g/mol. The summed E-state index contributed by atoms with van der Waals surface area (Å²) in [6, 6.07) is 7.45. The van der Waals surface area contributed by atoms with Crippen LogP contribution in [0.25, 0.3) is 0 Å². The lowest BCUT2D eigenvalue weighted by atomic mass is 9.79. The first-order valence-electron chi connectivity index (χ1n) is 8.37. The van der Waals surface area contributed by atoms with Crippen LogP contribution in [0.15, 0.2) is 18.2 Å². The molecule has 1 aromatic carbocycles. The molecule has 1 saturated carbocycles. The third-order valence-electron chi connectivity index (χ3n) is 5.31. The number of nitrogens with two attached hydrogens (primary N) is 1. The van der Waals surface area contributed by atoms with Gasteiger partial charge in [-0.1, -0.05) is 6.42 Å². The fourth-order valence-electron chi connectivity index (χ4n) is 4.02. The van der Waals surface area contributed by atoms with Gasteiger partial charge in [0.15, 0.2) is 0 Å². The summed E-state index contributed by atoms with van der Waals surface area (Å²) in [6.45, 7) is 9.24. The van der Waals surface area contributed by atoms with E-state index in [1.807, 2.05) is 6.07 Å². The van der Waals surface area contributed by atoms with Crippen molar-refractivity contribution in [2.45, 2.75) is 65.2 Å². The fourth-order valence-corrected chi connectivity index (χ4v) is 4.28. The van der Waals surface area contributed by atoms with Crippen molar-refractivity contribution >= 4 is 20.3 Å². The van der Waals surface area contributed by atoms with Gasteiger partial charge in [0.25, 0.3) is 0 Å². The SMILES string of the molecule is CC(C)N1c2ccc(OPN)cc2N(C(C)C2CCC2)C1C. The van der Waals surface area contributed by atoms with Crippen molar-refractivity contribution in [2.24, 2.45) is 11.4 Å². The lowest BCUT2D eigenvalue weighted by molar-refractivity contribution is 0.256. The maximum Gasteiger partial charge on any atom is 0.143 e. The summed E-state index contributed by atoms with van der Waals surface area (Å²) in [5, 5.41) is 0. The Labute approximate surface area is 135 Å². The highest BCUT2D eigenvalue weighted by Gasteiger charge is 2.40. The lowest BCUT2D eigenvalue weighted by Crippen LogP contribution is -2.51. The predicted octanol–water partition coefficient (Wildman–Crippen LogP) is 4.10. The van der Waals surface area contributed by atoms with Gasteiger partial charge >= 0.3 is 0 Å². The number of hydrogen-bond donors (Lipinski definition) is 1. The Hall–Kier alpha value is -0.990. The number of rotatable bonds is 5. The summed E-state index contributed by atoms with van der Waals surface area (Å²) < 4.78 is 5.55. The molecule has 0 saturated heterocycles. The molecule has 0 amide bonds. The van der Waals surface area contributed by atoms with Crippen molar-refractivity contribution in [2.75, 3.05) is 9.80 Å². The maximum atomic E-state index is 5.56. The van der Waals surface area contributed by atoms with E-state index in [-0.39, 0.29) is 8.96 Å². The van der Waals surface area contributed by atoms with E-state index in [0.717, 1.165) is 11.7 Å². The first-order valence-corrected chi connectivity index (χ1v) is 9.36. The number of anilines is 2. The Balaban J connectivity index is 1.98. The average molecular weight is 321 g/mol. The first-order chi connectivity index (χ1) is 10.5. The quantitative estimate of drug-likeness (QED) is 0.829. The molecule has 1 aliphatic carbocycles. The largest absolute Gasteiger partial charge is 0.461 e. The van der Waals surface area contributed by atoms with Gasteiger partial charge in [0, 0.05) is 18.2 Å². The van der Waals surface area contributed by atoms with Crippen LogP contribution in [0.4, 0.5) is 11.4 Å². The second-order valence-corrected chi connectivity index (χ2v) is 7.28. The van der Waals surface area contributed by atoms with Crippen LogP contribution in [-0.2, 0) is 0 Å². The molecule has 122 valence electrons. The van der Waals surface area contributed by atoms with Gasteiger partial charge in [0.2, 0.25) is 0 Å². The number of hydrogen-bond acceptors (Lipinski definition) is 4. The molecule has 3 rings (SSSR count). The number of benzene rings is 1. The maximum absolute atomic E-state index is 5.56. The third kappa shape index (κ3) is 2.57. The number of fused-ring (bicyclic) bond motifs is 1. The minimum absolute atomic E-state index is 0.00568. The van der Waals surface area contributed by atoms with Crippen LogP contribution < -0.4 is 19.8 Å². The van der Waals surface area contributed by atoms with Crippen molar-refractivity contribution in [1.29, 1.82) is 0 Å². The first kappa shape index (κ1) is 15.9. The molecule has 1 aromatic rings. The zero-order valence-corrected chi connectivity index (χ0v) is 15.0. The zero-order valence-electron chi connectivity index (χ0n) is 14.0. The van der Waals surface area contributed by atoms with Crippen molar-refractivity contribution in [3.8, 4) is 5.75 Å². The average Bonchev–Trinajstić information content (AvgIpc) is 2.68. The lowest BCUT2D eigenvalue weighted by Gasteiger charge is -2.42. The van der Waals surface area contributed by atoms with Crippen LogP contribution in [0.5, 0.6) is 5.75 Å². The van der Waals surface area contributed by atoms with Gasteiger partial charge in [-0.2, -0.15) is 0 Å². The van der Waals surface area contributed by atoms with Gasteiger partial charge in [-0.15, -0.1) is 0 Å². The minimum atomic E-state index is -0.00568. The summed E-state index contributed by atoms with van der Waals surface area (Å²) in [7, 11) is -0.00568. The molecule has 0 aromatic heterocycles. The smallest absolute Gasteiger partial charge is 0.143 e. The Morgan fingerprint density at radius 1 is 1.18 bits per heavy atom. The molecule has 1 heterocycles. The summed E-state index contributed by atoms with van der Waals surface area (Å²) in [5.41, 5.74) is 8.19. The molecule has 3 unspecified atom stereocenters. The molecule has 0 bridgehead atoms. The van der Waals surface area contributed by atoms with E-state index in [9.17, 15) is 0 Å². The molecule has 2 aliphatic rings. The topological polar surface area (TPSA) is 41.7 Å². The van der Waals surface area contributed by atoms with E-state index in [2.05, 4.69) is 49.6 Å². The van der Waals surface area contributed by atoms with Gasteiger partial charge < -0.3 is 14.3 Å². The Kier molecular flexibility index (Phi) is 4.52. The summed E-state index contributed by atoms with van der Waals surface area (Å²) in [6.07, 6.45) is 4.50. The van der Waals surface area contributed by atoms with E-state index < -0.39 is 0 Å². The van der Waals surface area contributed by atoms with Crippen molar-refractivity contribution in [1.82, 2.24) is 0 Å². The van der Waals surface area contributed by atoms with Gasteiger partial charge in [-0.3, -0.25) is 5.50 Å². The van der Waals surface area contributed by atoms with Crippen molar-refractivity contribution in [3.05, 3.63) is 18.2 Å². The van der Waals surface area contributed by atoms with E-state index in [1.165, 1.54) is 30.6 Å². The molecule has 3 atom stereocenters. The monoisotopic (exact) mass is 321 g/mol. The summed E-state index contributed by atoms with van der Waals surface area (Å²) in [4.78, 5) is 5.10. The Bertz CT molecular complexity index is 533. The molecule has 5 heteroatoms. The van der Waals surface area contributed by atoms with E-state index >= 15 is 0 Å². The molecule has 1 aliphatic heterocycles. The molecular formula is C17H28N3OP. The van der Waals surface area contributed by atoms with Gasteiger partial charge in [-0.05, 0) is 58.6 Å². The predicted molar refractivity (Wildman–Crippen MR) is 95.9 cm³/mol. The van der Waals surface area contributed by atoms with E-state index in [0.29, 0.717) is 18.2 Å². The van der Waals surface area contributed by atoms with Crippen LogP contribution in [0.1, 0.15) is 47.0 Å². The summed E-state index contributed by atoms with van der Waals surface area (Å²) in [5.74, 6) is 1.70. The van der Waals surface area contributed by atoms with Gasteiger partial charge in [-0.25, -0.2) is 0 Å². The van der Waals surface area contributed by atoms with Crippen LogP contribution in [0.2, 0.25) is 0 Å². The van der Waals surface area contributed by atoms with E-state index in [1.54, 1.807) is 0 Å². The Morgan fingerprint density at radius 3 is 2.45 bits per heavy atom. The second-order valence-electron chi connectivity index (χ2n) is 6.84. The van der Waals surface area contributed by atoms with Gasteiger partial charge in [0.05, 0.1) is 17.5 Å². The normalized spacial score (nSPS) is 23.3. The molecule has 0 radical (unpaired) electrons. The van der Waals surface area contributed by atoms with Crippen LogP contribution >= 0.6 is 8.96 Å². The fraction of sp³-hybridized carbons (Fsp3) is 0.647. The number of nitrogens with zero attached hydrogens (tertiary/aromatic N) is 2. The van der Waals surface area contributed by atoms with Crippen LogP contribution in [0, 0.1) is 5.92 Å². The van der Waals surface area contributed by atoms with Crippen LogP contribution in [-0.4, -0.2) is 18.2 Å². The Morgan fingerprint density at radius 2 is 1.91 bits per heavy atom. The highest BCUT2D eigenvalue weighted by Crippen LogP contribution is 2.46. The zero-order chi connectivity index (χ0) is 15.9. The summed E-state index contributed by atoms with van der Waals surface area (Å²) >= 11 is 0. The second kappa shape index (κ2) is 6.25. The van der Waals surface area contributed by atoms with Crippen molar-refractivity contribution in [3.63, 3.8) is 0 Å². The van der Waals surface area contributed by atoms with Crippen LogP contribution in [0.3, 0.4) is 0 Å². The van der Waals surface area contributed by atoms with E-state index in [4.69, 9.17) is 10.0 Å².